The SMILES string of the molecule is CC(C)c1cccc(C(C)C)c1[N+]1=Cc2c(-c3ccccc3)cccc2C1(c1ccccc1)c1ccccc1. The van der Waals surface area contributed by atoms with Crippen molar-refractivity contribution in [1.29, 1.82) is 0 Å². The molecule has 0 unspecified atom stereocenters. The maximum Gasteiger partial charge on any atom is 0.245 e. The second kappa shape index (κ2) is 10.2. The summed E-state index contributed by atoms with van der Waals surface area (Å²) >= 11 is 0. The highest BCUT2D eigenvalue weighted by molar-refractivity contribution is 5.94. The van der Waals surface area contributed by atoms with Crippen LogP contribution in [0.2, 0.25) is 0 Å². The Hall–Kier alpha value is -4.23. The smallest absolute Gasteiger partial charge is 0.179 e. The van der Waals surface area contributed by atoms with E-state index in [0.29, 0.717) is 11.8 Å². The molecule has 0 spiro atoms. The summed E-state index contributed by atoms with van der Waals surface area (Å²) < 4.78 is 2.61. The molecule has 0 bridgehead atoms. The quantitative estimate of drug-likeness (QED) is 0.202. The average molecular weight is 507 g/mol. The lowest BCUT2D eigenvalue weighted by Gasteiger charge is -2.31. The molecule has 1 heterocycles. The third-order valence-electron chi connectivity index (χ3n) is 8.17. The topological polar surface area (TPSA) is 3.01 Å². The second-order valence-corrected chi connectivity index (χ2v) is 11.2. The summed E-state index contributed by atoms with van der Waals surface area (Å²) in [5.41, 5.74) is 11.2. The van der Waals surface area contributed by atoms with Gasteiger partial charge in [0.25, 0.3) is 0 Å². The van der Waals surface area contributed by atoms with Crippen LogP contribution in [0.15, 0.2) is 127 Å². The van der Waals surface area contributed by atoms with Gasteiger partial charge in [0.05, 0.1) is 5.56 Å². The molecule has 0 atom stereocenters. The van der Waals surface area contributed by atoms with E-state index in [-0.39, 0.29) is 0 Å². The zero-order chi connectivity index (χ0) is 27.0. The molecular formula is C38H36N+. The Morgan fingerprint density at radius 3 is 1.51 bits per heavy atom. The molecule has 6 rings (SSSR count). The summed E-state index contributed by atoms with van der Waals surface area (Å²) in [6, 6.07) is 46.7. The Morgan fingerprint density at radius 2 is 1.00 bits per heavy atom. The van der Waals surface area contributed by atoms with Gasteiger partial charge in [0.1, 0.15) is 0 Å². The summed E-state index contributed by atoms with van der Waals surface area (Å²) in [6.07, 6.45) is 2.44. The van der Waals surface area contributed by atoms with E-state index in [0.717, 1.165) is 0 Å². The van der Waals surface area contributed by atoms with Crippen molar-refractivity contribution in [3.63, 3.8) is 0 Å². The largest absolute Gasteiger partial charge is 0.245 e. The highest BCUT2D eigenvalue weighted by Crippen LogP contribution is 2.51. The molecule has 1 aliphatic heterocycles. The Labute approximate surface area is 233 Å². The highest BCUT2D eigenvalue weighted by atomic mass is 15.1. The van der Waals surface area contributed by atoms with Gasteiger partial charge in [-0.1, -0.05) is 155 Å². The van der Waals surface area contributed by atoms with Crippen molar-refractivity contribution in [1.82, 2.24) is 0 Å². The van der Waals surface area contributed by atoms with Crippen LogP contribution in [-0.4, -0.2) is 10.8 Å². The van der Waals surface area contributed by atoms with Gasteiger partial charge in [0, 0.05) is 27.8 Å². The Kier molecular flexibility index (Phi) is 6.53. The van der Waals surface area contributed by atoms with Gasteiger partial charge >= 0.3 is 0 Å². The van der Waals surface area contributed by atoms with Gasteiger partial charge in [-0.3, -0.25) is 0 Å². The first-order valence-electron chi connectivity index (χ1n) is 14.1. The standard InChI is InChI=1S/C38H36N/c1-27(2)32-22-14-23-33(28(3)4)37(32)39-26-35-34(29-16-8-5-9-17-29)24-15-25-36(35)38(39,30-18-10-6-11-19-30)31-20-12-7-13-21-31/h5-28H,1-4H3/q+1. The number of hydrogen-bond acceptors (Lipinski definition) is 0. The van der Waals surface area contributed by atoms with Gasteiger partial charge in [-0.25, -0.2) is 0 Å². The van der Waals surface area contributed by atoms with Crippen LogP contribution in [0.4, 0.5) is 5.69 Å². The minimum Gasteiger partial charge on any atom is -0.179 e. The predicted octanol–water partition coefficient (Wildman–Crippen LogP) is 9.67. The van der Waals surface area contributed by atoms with Crippen LogP contribution in [0.25, 0.3) is 11.1 Å². The molecule has 5 aromatic rings. The summed E-state index contributed by atoms with van der Waals surface area (Å²) in [4.78, 5) is 0. The van der Waals surface area contributed by atoms with Gasteiger partial charge < -0.3 is 0 Å². The normalized spacial score (nSPS) is 13.9. The maximum atomic E-state index is 2.61. The second-order valence-electron chi connectivity index (χ2n) is 11.2. The van der Waals surface area contributed by atoms with Crippen molar-refractivity contribution in [2.75, 3.05) is 0 Å². The highest BCUT2D eigenvalue weighted by Gasteiger charge is 2.54. The average Bonchev–Trinajstić information content (AvgIpc) is 3.34. The molecule has 0 aromatic heterocycles. The molecule has 0 radical (unpaired) electrons. The van der Waals surface area contributed by atoms with Crippen molar-refractivity contribution < 1.29 is 4.58 Å². The van der Waals surface area contributed by atoms with E-state index in [1.165, 1.54) is 50.2 Å². The first kappa shape index (κ1) is 25.1. The lowest BCUT2D eigenvalue weighted by molar-refractivity contribution is -0.508. The maximum absolute atomic E-state index is 2.61. The van der Waals surface area contributed by atoms with Gasteiger partial charge in [0.15, 0.2) is 6.21 Å². The minimum absolute atomic E-state index is 0.383. The van der Waals surface area contributed by atoms with Crippen molar-refractivity contribution in [3.05, 3.63) is 161 Å². The summed E-state index contributed by atoms with van der Waals surface area (Å²) in [5, 5.41) is 0. The fourth-order valence-corrected chi connectivity index (χ4v) is 6.38. The van der Waals surface area contributed by atoms with E-state index in [4.69, 9.17) is 0 Å². The molecule has 0 aliphatic carbocycles. The van der Waals surface area contributed by atoms with Crippen LogP contribution in [0.3, 0.4) is 0 Å². The van der Waals surface area contributed by atoms with Crippen LogP contribution in [-0.2, 0) is 5.54 Å². The van der Waals surface area contributed by atoms with E-state index < -0.39 is 5.54 Å². The molecule has 1 aliphatic rings. The number of fused-ring (bicyclic) bond motifs is 1. The van der Waals surface area contributed by atoms with E-state index >= 15 is 0 Å². The third-order valence-corrected chi connectivity index (χ3v) is 8.17. The zero-order valence-electron chi connectivity index (χ0n) is 23.3. The molecule has 1 heteroatoms. The van der Waals surface area contributed by atoms with E-state index in [1.807, 2.05) is 0 Å². The van der Waals surface area contributed by atoms with Crippen molar-refractivity contribution in [2.24, 2.45) is 0 Å². The van der Waals surface area contributed by atoms with Crippen LogP contribution >= 0.6 is 0 Å². The molecule has 0 fully saturated rings. The van der Waals surface area contributed by atoms with Crippen molar-refractivity contribution in [2.45, 2.75) is 45.1 Å². The molecule has 5 aromatic carbocycles. The lowest BCUT2D eigenvalue weighted by Crippen LogP contribution is -2.38. The fraction of sp³-hybridized carbons (Fsp3) is 0.184. The first-order valence-corrected chi connectivity index (χ1v) is 14.1. The monoisotopic (exact) mass is 506 g/mol. The summed E-state index contributed by atoms with van der Waals surface area (Å²) in [6.45, 7) is 9.26. The Balaban J connectivity index is 1.81. The molecule has 0 saturated carbocycles. The number of benzene rings is 5. The lowest BCUT2D eigenvalue weighted by atomic mass is 9.75. The van der Waals surface area contributed by atoms with Gasteiger partial charge in [-0.15, -0.1) is 0 Å². The summed E-state index contributed by atoms with van der Waals surface area (Å²) in [5.74, 6) is 0.766. The fourth-order valence-electron chi connectivity index (χ4n) is 6.38. The minimum atomic E-state index is -0.517. The zero-order valence-corrected chi connectivity index (χ0v) is 23.3. The molecule has 0 N–H and O–H groups in total. The van der Waals surface area contributed by atoms with Gasteiger partial charge in [-0.05, 0) is 23.0 Å². The molecule has 0 amide bonds. The Bertz CT molecular complexity index is 1560. The van der Waals surface area contributed by atoms with Crippen LogP contribution < -0.4 is 0 Å². The number of nitrogens with zero attached hydrogens (tertiary/aromatic N) is 1. The van der Waals surface area contributed by atoms with Crippen LogP contribution in [0.1, 0.15) is 72.9 Å². The van der Waals surface area contributed by atoms with Gasteiger partial charge in [-0.2, -0.15) is 4.58 Å². The number of rotatable bonds is 6. The molecule has 39 heavy (non-hydrogen) atoms. The number of para-hydroxylation sites is 1. The first-order chi connectivity index (χ1) is 19.0. The van der Waals surface area contributed by atoms with Crippen molar-refractivity contribution >= 4 is 11.9 Å². The molecular weight excluding hydrogens is 470 g/mol. The Morgan fingerprint density at radius 1 is 0.513 bits per heavy atom. The summed E-state index contributed by atoms with van der Waals surface area (Å²) in [7, 11) is 0. The molecule has 1 nitrogen and oxygen atoms in total. The number of hydrogen-bond donors (Lipinski definition) is 0. The van der Waals surface area contributed by atoms with Crippen LogP contribution in [0.5, 0.6) is 0 Å². The van der Waals surface area contributed by atoms with E-state index in [1.54, 1.807) is 0 Å². The van der Waals surface area contributed by atoms with E-state index in [9.17, 15) is 0 Å². The van der Waals surface area contributed by atoms with Crippen LogP contribution in [0, 0.1) is 0 Å². The molecule has 0 saturated heterocycles. The van der Waals surface area contributed by atoms with Gasteiger partial charge in [0.2, 0.25) is 11.2 Å². The predicted molar refractivity (Wildman–Crippen MR) is 164 cm³/mol. The van der Waals surface area contributed by atoms with E-state index in [2.05, 4.69) is 166 Å². The third kappa shape index (κ3) is 4.05. The van der Waals surface area contributed by atoms with Crippen molar-refractivity contribution in [3.8, 4) is 11.1 Å². The molecule has 192 valence electrons.